The molecule has 0 spiro atoms. The van der Waals surface area contributed by atoms with Crippen molar-refractivity contribution >= 4 is 11.8 Å². The first-order valence-corrected chi connectivity index (χ1v) is 9.26. The minimum atomic E-state index is -0.0468. The monoisotopic (exact) mass is 369 g/mol. The van der Waals surface area contributed by atoms with Crippen molar-refractivity contribution in [2.24, 2.45) is 7.05 Å². The van der Waals surface area contributed by atoms with Crippen molar-refractivity contribution in [2.75, 3.05) is 32.8 Å². The van der Waals surface area contributed by atoms with E-state index in [0.29, 0.717) is 31.9 Å². The summed E-state index contributed by atoms with van der Waals surface area (Å²) in [6.45, 7) is 8.14. The van der Waals surface area contributed by atoms with E-state index in [2.05, 4.69) is 0 Å². The van der Waals surface area contributed by atoms with Gasteiger partial charge >= 0.3 is 0 Å². The molecule has 6 heteroatoms. The molecule has 1 aromatic carbocycles. The van der Waals surface area contributed by atoms with Crippen molar-refractivity contribution in [3.8, 4) is 5.75 Å². The van der Waals surface area contributed by atoms with Gasteiger partial charge in [0.1, 0.15) is 5.75 Å². The lowest BCUT2D eigenvalue weighted by molar-refractivity contribution is -0.134. The third-order valence-electron chi connectivity index (χ3n) is 5.31. The predicted octanol–water partition coefficient (Wildman–Crippen LogP) is 2.31. The highest BCUT2D eigenvalue weighted by molar-refractivity contribution is 5.96. The van der Waals surface area contributed by atoms with Gasteiger partial charge in [-0.3, -0.25) is 9.59 Å². The number of hydrogen-bond acceptors (Lipinski definition) is 3. The Morgan fingerprint density at radius 2 is 1.56 bits per heavy atom. The molecular weight excluding hydrogens is 342 g/mol. The number of rotatable bonds is 4. The fourth-order valence-corrected chi connectivity index (χ4v) is 3.27. The normalized spacial score (nSPS) is 14.4. The molecule has 1 saturated heterocycles. The molecule has 2 aromatic rings. The molecule has 0 atom stereocenters. The van der Waals surface area contributed by atoms with Crippen LogP contribution in [0.1, 0.15) is 27.3 Å². The fraction of sp³-hybridized carbons (Fsp3) is 0.429. The van der Waals surface area contributed by atoms with Gasteiger partial charge in [0.15, 0.2) is 6.61 Å². The summed E-state index contributed by atoms with van der Waals surface area (Å²) in [6, 6.07) is 9.58. The number of carbonyl (C=O) groups is 2. The van der Waals surface area contributed by atoms with Crippen LogP contribution in [0.2, 0.25) is 0 Å². The number of carbonyl (C=O) groups excluding carboxylic acids is 2. The Balaban J connectivity index is 1.52. The summed E-state index contributed by atoms with van der Waals surface area (Å²) in [6.07, 6.45) is 0. The second-order valence-electron chi connectivity index (χ2n) is 7.12. The van der Waals surface area contributed by atoms with E-state index >= 15 is 0 Å². The second kappa shape index (κ2) is 7.86. The van der Waals surface area contributed by atoms with Crippen LogP contribution in [0.25, 0.3) is 0 Å². The van der Waals surface area contributed by atoms with Crippen LogP contribution in [0.4, 0.5) is 0 Å². The van der Waals surface area contributed by atoms with Crippen molar-refractivity contribution in [3.63, 3.8) is 0 Å². The molecule has 0 N–H and O–H groups in total. The minimum Gasteiger partial charge on any atom is -0.484 e. The molecule has 27 heavy (non-hydrogen) atoms. The maximum absolute atomic E-state index is 12.8. The molecule has 1 fully saturated rings. The summed E-state index contributed by atoms with van der Waals surface area (Å²) in [7, 11) is 1.96. The van der Waals surface area contributed by atoms with Gasteiger partial charge in [-0.25, -0.2) is 0 Å². The molecule has 3 rings (SSSR count). The molecule has 2 amide bonds. The first-order valence-electron chi connectivity index (χ1n) is 9.26. The molecule has 2 heterocycles. The van der Waals surface area contributed by atoms with Crippen molar-refractivity contribution in [3.05, 3.63) is 52.8 Å². The number of ether oxygens (including phenoxy) is 1. The Labute approximate surface area is 160 Å². The average Bonchev–Trinajstić information content (AvgIpc) is 2.94. The highest BCUT2D eigenvalue weighted by atomic mass is 16.5. The van der Waals surface area contributed by atoms with Gasteiger partial charge < -0.3 is 19.1 Å². The number of piperazine rings is 1. The first-order chi connectivity index (χ1) is 12.9. The van der Waals surface area contributed by atoms with Gasteiger partial charge in [-0.05, 0) is 39.0 Å². The zero-order valence-electron chi connectivity index (χ0n) is 16.5. The molecule has 6 nitrogen and oxygen atoms in total. The van der Waals surface area contributed by atoms with Crippen LogP contribution in [-0.4, -0.2) is 59.0 Å². The van der Waals surface area contributed by atoms with Crippen LogP contribution in [0, 0.1) is 20.8 Å². The van der Waals surface area contributed by atoms with E-state index in [0.717, 1.165) is 22.5 Å². The third kappa shape index (κ3) is 4.15. The van der Waals surface area contributed by atoms with Crippen molar-refractivity contribution in [1.82, 2.24) is 14.4 Å². The number of benzene rings is 1. The summed E-state index contributed by atoms with van der Waals surface area (Å²) in [4.78, 5) is 28.8. The smallest absolute Gasteiger partial charge is 0.260 e. The van der Waals surface area contributed by atoms with Gasteiger partial charge in [0.05, 0.1) is 5.56 Å². The minimum absolute atomic E-state index is 0.0218. The SMILES string of the molecule is Cc1ccc(OCC(=O)N2CCN(C(=O)c3cc(C)n(C)c3C)CC2)cc1. The molecule has 1 aliphatic heterocycles. The molecule has 0 saturated carbocycles. The Morgan fingerprint density at radius 1 is 0.963 bits per heavy atom. The summed E-state index contributed by atoms with van der Waals surface area (Å²) >= 11 is 0. The van der Waals surface area contributed by atoms with Gasteiger partial charge in [-0.15, -0.1) is 0 Å². The molecule has 1 aliphatic rings. The van der Waals surface area contributed by atoms with E-state index in [9.17, 15) is 9.59 Å². The number of hydrogen-bond donors (Lipinski definition) is 0. The largest absolute Gasteiger partial charge is 0.484 e. The summed E-state index contributed by atoms with van der Waals surface area (Å²) < 4.78 is 7.60. The van der Waals surface area contributed by atoms with Gasteiger partial charge in [-0.1, -0.05) is 17.7 Å². The highest BCUT2D eigenvalue weighted by Crippen LogP contribution is 2.17. The van der Waals surface area contributed by atoms with Crippen molar-refractivity contribution in [1.29, 1.82) is 0 Å². The zero-order valence-corrected chi connectivity index (χ0v) is 16.5. The van der Waals surface area contributed by atoms with Gasteiger partial charge in [0.2, 0.25) is 0 Å². The molecular formula is C21H27N3O3. The lowest BCUT2D eigenvalue weighted by Gasteiger charge is -2.34. The molecule has 0 aliphatic carbocycles. The Morgan fingerprint density at radius 3 is 2.11 bits per heavy atom. The second-order valence-corrected chi connectivity index (χ2v) is 7.12. The first kappa shape index (κ1) is 19.0. The van der Waals surface area contributed by atoms with Gasteiger partial charge in [0.25, 0.3) is 11.8 Å². The standard InChI is InChI=1S/C21H27N3O3/c1-15-5-7-18(8-6-15)27-14-20(25)23-9-11-24(12-10-23)21(26)19-13-16(2)22(4)17(19)3/h5-8,13H,9-12,14H2,1-4H3. The van der Waals surface area contributed by atoms with Gasteiger partial charge in [-0.2, -0.15) is 0 Å². The van der Waals surface area contributed by atoms with Crippen LogP contribution in [0.15, 0.2) is 30.3 Å². The van der Waals surface area contributed by atoms with Crippen molar-refractivity contribution in [2.45, 2.75) is 20.8 Å². The van der Waals surface area contributed by atoms with E-state index in [1.807, 2.05) is 67.6 Å². The maximum atomic E-state index is 12.8. The van der Waals surface area contributed by atoms with E-state index in [-0.39, 0.29) is 18.4 Å². The van der Waals surface area contributed by atoms with Gasteiger partial charge in [0, 0.05) is 44.6 Å². The van der Waals surface area contributed by atoms with E-state index in [1.54, 1.807) is 4.90 Å². The Kier molecular flexibility index (Phi) is 5.54. The van der Waals surface area contributed by atoms with Crippen LogP contribution in [0.3, 0.4) is 0 Å². The third-order valence-corrected chi connectivity index (χ3v) is 5.31. The topological polar surface area (TPSA) is 54.8 Å². The van der Waals surface area contributed by atoms with Crippen LogP contribution >= 0.6 is 0 Å². The quantitative estimate of drug-likeness (QED) is 0.831. The summed E-state index contributed by atoms with van der Waals surface area (Å²) in [5.74, 6) is 0.686. The van der Waals surface area contributed by atoms with Crippen LogP contribution in [0.5, 0.6) is 5.75 Å². The number of aromatic nitrogens is 1. The number of nitrogens with zero attached hydrogens (tertiary/aromatic N) is 3. The van der Waals surface area contributed by atoms with E-state index in [4.69, 9.17) is 4.74 Å². The lowest BCUT2D eigenvalue weighted by atomic mass is 10.2. The Bertz CT molecular complexity index is 831. The highest BCUT2D eigenvalue weighted by Gasteiger charge is 2.26. The molecule has 0 radical (unpaired) electrons. The maximum Gasteiger partial charge on any atom is 0.260 e. The molecule has 0 unspecified atom stereocenters. The molecule has 0 bridgehead atoms. The van der Waals surface area contributed by atoms with E-state index in [1.165, 1.54) is 0 Å². The molecule has 1 aromatic heterocycles. The Hall–Kier alpha value is -2.76. The van der Waals surface area contributed by atoms with E-state index < -0.39 is 0 Å². The molecule has 144 valence electrons. The van der Waals surface area contributed by atoms with Crippen molar-refractivity contribution < 1.29 is 14.3 Å². The predicted molar refractivity (Wildman–Crippen MR) is 104 cm³/mol. The lowest BCUT2D eigenvalue weighted by Crippen LogP contribution is -2.51. The van der Waals surface area contributed by atoms with Crippen LogP contribution < -0.4 is 4.74 Å². The van der Waals surface area contributed by atoms with Crippen LogP contribution in [-0.2, 0) is 11.8 Å². The zero-order chi connectivity index (χ0) is 19.6. The number of aryl methyl sites for hydroxylation is 2. The number of amides is 2. The fourth-order valence-electron chi connectivity index (χ4n) is 3.27. The summed E-state index contributed by atoms with van der Waals surface area (Å²) in [5.41, 5.74) is 3.94. The average molecular weight is 369 g/mol. The summed E-state index contributed by atoms with van der Waals surface area (Å²) in [5, 5.41) is 0.